The van der Waals surface area contributed by atoms with Crippen LogP contribution in [0.3, 0.4) is 0 Å². The number of hydrogen-bond donors (Lipinski definition) is 2. The van der Waals surface area contributed by atoms with E-state index in [0.717, 1.165) is 6.07 Å². The highest BCUT2D eigenvalue weighted by molar-refractivity contribution is 5.99. The number of nitrogens with zero attached hydrogens (tertiary/aromatic N) is 2. The minimum Gasteiger partial charge on any atom is -0.424 e. The summed E-state index contributed by atoms with van der Waals surface area (Å²) in [7, 11) is 0. The molecule has 0 aliphatic carbocycles. The number of carbonyl (C=O) groups excluding carboxylic acids is 1. The first kappa shape index (κ1) is 23.9. The highest BCUT2D eigenvalue weighted by Gasteiger charge is 2.33. The highest BCUT2D eigenvalue weighted by atomic mass is 19.4. The van der Waals surface area contributed by atoms with Crippen molar-refractivity contribution >= 4 is 28.3 Å². The van der Waals surface area contributed by atoms with Crippen molar-refractivity contribution in [2.24, 2.45) is 0 Å². The van der Waals surface area contributed by atoms with Gasteiger partial charge in [0.25, 0.3) is 0 Å². The van der Waals surface area contributed by atoms with Crippen LogP contribution in [0.4, 0.5) is 33.7 Å². The monoisotopic (exact) mass is 484 g/mol. The number of fused-ring (bicyclic) bond motifs is 1. The molecular weight excluding hydrogens is 464 g/mol. The van der Waals surface area contributed by atoms with Gasteiger partial charge in [-0.1, -0.05) is 13.0 Å². The van der Waals surface area contributed by atoms with Gasteiger partial charge < -0.3 is 15.4 Å². The number of nitrogens with one attached hydrogen (secondary N) is 2. The molecular formula is C25H20F4N4O2. The third-order valence-corrected chi connectivity index (χ3v) is 5.21. The number of halogens is 4. The Kier molecular flexibility index (Phi) is 6.54. The van der Waals surface area contributed by atoms with Gasteiger partial charge in [0.1, 0.15) is 11.6 Å². The molecule has 1 heterocycles. The molecule has 0 atom stereocenters. The Balaban J connectivity index is 1.41. The summed E-state index contributed by atoms with van der Waals surface area (Å²) < 4.78 is 59.1. The Morgan fingerprint density at radius 1 is 1.00 bits per heavy atom. The maximum absolute atomic E-state index is 13.8. The molecule has 0 fully saturated rings. The summed E-state index contributed by atoms with van der Waals surface area (Å²) >= 11 is 0. The lowest BCUT2D eigenvalue weighted by atomic mass is 10.0. The summed E-state index contributed by atoms with van der Waals surface area (Å²) in [5.41, 5.74) is 0.650. The molecule has 180 valence electrons. The van der Waals surface area contributed by atoms with Crippen LogP contribution in [-0.2, 0) is 12.6 Å². The summed E-state index contributed by atoms with van der Waals surface area (Å²) in [4.78, 5) is 20.6. The minimum absolute atomic E-state index is 0.0204. The maximum atomic E-state index is 13.8. The van der Waals surface area contributed by atoms with Crippen molar-refractivity contribution in [2.45, 2.75) is 26.4 Å². The number of amides is 2. The van der Waals surface area contributed by atoms with Crippen LogP contribution in [0.25, 0.3) is 10.9 Å². The molecule has 0 saturated carbocycles. The largest absolute Gasteiger partial charge is 0.424 e. The van der Waals surface area contributed by atoms with E-state index < -0.39 is 17.8 Å². The van der Waals surface area contributed by atoms with Crippen LogP contribution in [-0.4, -0.2) is 16.0 Å². The number of urea groups is 1. The number of ether oxygens (including phenoxy) is 1. The third-order valence-electron chi connectivity index (χ3n) is 5.21. The number of aryl methyl sites for hydroxylation is 2. The first-order valence-electron chi connectivity index (χ1n) is 10.6. The van der Waals surface area contributed by atoms with Crippen molar-refractivity contribution in [3.8, 4) is 11.8 Å². The van der Waals surface area contributed by atoms with Crippen LogP contribution in [0.5, 0.6) is 11.8 Å². The van der Waals surface area contributed by atoms with Gasteiger partial charge in [0.15, 0.2) is 0 Å². The fraction of sp³-hybridized carbons (Fsp3) is 0.160. The normalized spacial score (nSPS) is 11.4. The lowest BCUT2D eigenvalue weighted by molar-refractivity contribution is -0.138. The third kappa shape index (κ3) is 5.65. The van der Waals surface area contributed by atoms with E-state index in [1.54, 1.807) is 44.2 Å². The second-order valence-electron chi connectivity index (χ2n) is 7.74. The van der Waals surface area contributed by atoms with Crippen molar-refractivity contribution in [3.63, 3.8) is 0 Å². The Bertz CT molecular complexity index is 1390. The molecule has 4 rings (SSSR count). The Hall–Kier alpha value is -4.21. The number of carbonyl (C=O) groups is 1. The van der Waals surface area contributed by atoms with Crippen LogP contribution >= 0.6 is 0 Å². The Labute approximate surface area is 198 Å². The predicted octanol–water partition coefficient (Wildman–Crippen LogP) is 7.09. The second kappa shape index (κ2) is 9.57. The Morgan fingerprint density at radius 2 is 1.69 bits per heavy atom. The van der Waals surface area contributed by atoms with E-state index in [9.17, 15) is 22.4 Å². The van der Waals surface area contributed by atoms with Crippen LogP contribution in [0.15, 0.2) is 60.8 Å². The van der Waals surface area contributed by atoms with E-state index in [2.05, 4.69) is 20.6 Å². The summed E-state index contributed by atoms with van der Waals surface area (Å²) in [6.07, 6.45) is -2.77. The minimum atomic E-state index is -4.52. The molecule has 0 unspecified atom stereocenters. The van der Waals surface area contributed by atoms with Gasteiger partial charge in [-0.2, -0.15) is 18.2 Å². The average Bonchev–Trinajstić information content (AvgIpc) is 2.80. The molecule has 0 aliphatic rings. The van der Waals surface area contributed by atoms with Crippen molar-refractivity contribution < 1.29 is 27.1 Å². The first-order valence-corrected chi connectivity index (χ1v) is 10.6. The lowest BCUT2D eigenvalue weighted by Crippen LogP contribution is -2.20. The molecule has 3 aromatic carbocycles. The zero-order chi connectivity index (χ0) is 25.2. The van der Waals surface area contributed by atoms with E-state index in [1.165, 1.54) is 24.4 Å². The zero-order valence-corrected chi connectivity index (χ0v) is 18.7. The van der Waals surface area contributed by atoms with Gasteiger partial charge in [-0.15, -0.1) is 0 Å². The smallest absolute Gasteiger partial charge is 0.416 e. The van der Waals surface area contributed by atoms with Gasteiger partial charge in [-0.25, -0.2) is 14.2 Å². The predicted molar refractivity (Wildman–Crippen MR) is 124 cm³/mol. The van der Waals surface area contributed by atoms with Crippen LogP contribution in [0.1, 0.15) is 23.6 Å². The average molecular weight is 484 g/mol. The SMILES string of the molecule is CCc1ccc(NC(=O)Nc2ccc(Oc3ncc4cc(C)c(F)cc4n3)cc2)cc1C(F)(F)F. The summed E-state index contributed by atoms with van der Waals surface area (Å²) in [5.74, 6) is -0.0142. The number of rotatable bonds is 5. The zero-order valence-electron chi connectivity index (χ0n) is 18.7. The van der Waals surface area contributed by atoms with Gasteiger partial charge in [-0.05, 0) is 66.9 Å². The molecule has 10 heteroatoms. The highest BCUT2D eigenvalue weighted by Crippen LogP contribution is 2.34. The Morgan fingerprint density at radius 3 is 2.37 bits per heavy atom. The van der Waals surface area contributed by atoms with E-state index in [1.807, 2.05) is 0 Å². The number of anilines is 2. The molecule has 35 heavy (non-hydrogen) atoms. The van der Waals surface area contributed by atoms with Gasteiger partial charge in [-0.3, -0.25) is 0 Å². The fourth-order valence-electron chi connectivity index (χ4n) is 3.43. The van der Waals surface area contributed by atoms with Crippen molar-refractivity contribution in [2.75, 3.05) is 10.6 Å². The number of benzene rings is 3. The molecule has 2 amide bonds. The quantitative estimate of drug-likeness (QED) is 0.297. The van der Waals surface area contributed by atoms with E-state index in [4.69, 9.17) is 4.74 Å². The number of hydrogen-bond acceptors (Lipinski definition) is 4. The van der Waals surface area contributed by atoms with Gasteiger partial charge in [0.2, 0.25) is 0 Å². The molecule has 1 aromatic heterocycles. The standard InChI is InChI=1S/C25H20F4N4O2/c1-3-15-4-5-18(11-20(15)25(27,28)29)32-23(34)31-17-6-8-19(9-7-17)35-24-30-13-16-10-14(2)21(26)12-22(16)33-24/h4-13H,3H2,1-2H3,(H2,31,32,34). The van der Waals surface area contributed by atoms with Crippen LogP contribution in [0.2, 0.25) is 0 Å². The van der Waals surface area contributed by atoms with Crippen molar-refractivity contribution in [3.05, 3.63) is 83.3 Å². The summed E-state index contributed by atoms with van der Waals surface area (Å²) in [6.45, 7) is 3.28. The topological polar surface area (TPSA) is 76.1 Å². The fourth-order valence-corrected chi connectivity index (χ4v) is 3.43. The van der Waals surface area contributed by atoms with Gasteiger partial charge >= 0.3 is 18.2 Å². The second-order valence-corrected chi connectivity index (χ2v) is 7.74. The summed E-state index contributed by atoms with van der Waals surface area (Å²) in [6, 6.07) is 12.1. The van der Waals surface area contributed by atoms with E-state index in [-0.39, 0.29) is 29.5 Å². The molecule has 0 saturated heterocycles. The molecule has 4 aromatic rings. The first-order chi connectivity index (χ1) is 16.6. The van der Waals surface area contributed by atoms with E-state index in [0.29, 0.717) is 27.9 Å². The number of alkyl halides is 3. The van der Waals surface area contributed by atoms with Gasteiger partial charge in [0.05, 0.1) is 11.1 Å². The lowest BCUT2D eigenvalue weighted by Gasteiger charge is -2.14. The molecule has 0 radical (unpaired) electrons. The van der Waals surface area contributed by atoms with Crippen molar-refractivity contribution in [1.29, 1.82) is 0 Å². The molecule has 6 nitrogen and oxygen atoms in total. The van der Waals surface area contributed by atoms with Gasteiger partial charge in [0, 0.05) is 29.0 Å². The van der Waals surface area contributed by atoms with Crippen LogP contribution < -0.4 is 15.4 Å². The van der Waals surface area contributed by atoms with E-state index >= 15 is 0 Å². The molecule has 0 bridgehead atoms. The molecule has 2 N–H and O–H groups in total. The van der Waals surface area contributed by atoms with Crippen LogP contribution in [0, 0.1) is 12.7 Å². The molecule has 0 spiro atoms. The molecule has 0 aliphatic heterocycles. The number of aromatic nitrogens is 2. The van der Waals surface area contributed by atoms with Crippen molar-refractivity contribution in [1.82, 2.24) is 9.97 Å². The summed E-state index contributed by atoms with van der Waals surface area (Å²) in [5, 5.41) is 5.62. The maximum Gasteiger partial charge on any atom is 0.416 e.